The van der Waals surface area contributed by atoms with E-state index in [1.54, 1.807) is 36.1 Å². The molecule has 0 N–H and O–H groups in total. The highest BCUT2D eigenvalue weighted by atomic mass is 35.5. The Hall–Kier alpha value is -3.11. The van der Waals surface area contributed by atoms with Gasteiger partial charge in [0.2, 0.25) is 0 Å². The van der Waals surface area contributed by atoms with Crippen molar-refractivity contribution in [1.82, 2.24) is 9.88 Å². The third-order valence-corrected chi connectivity index (χ3v) is 5.88. The summed E-state index contributed by atoms with van der Waals surface area (Å²) < 4.78 is 21.0. The van der Waals surface area contributed by atoms with Crippen LogP contribution in [0.4, 0.5) is 15.3 Å². The molecule has 1 aliphatic heterocycles. The average Bonchev–Trinajstić information content (AvgIpc) is 2.82. The van der Waals surface area contributed by atoms with Crippen molar-refractivity contribution in [1.29, 1.82) is 0 Å². The molecular formula is C23H27Cl2N3O7. The molecular weight excluding hydrogens is 501 g/mol. The Balaban J connectivity index is 2.11. The molecule has 35 heavy (non-hydrogen) atoms. The highest BCUT2D eigenvalue weighted by Crippen LogP contribution is 2.46. The largest absolute Gasteiger partial charge is 0.533 e. The smallest absolute Gasteiger partial charge is 0.493 e. The number of pyridine rings is 1. The summed E-state index contributed by atoms with van der Waals surface area (Å²) in [6.07, 6.45) is -1.01. The molecule has 0 unspecified atom stereocenters. The molecule has 2 heterocycles. The van der Waals surface area contributed by atoms with Crippen LogP contribution in [-0.2, 0) is 20.9 Å². The van der Waals surface area contributed by atoms with Gasteiger partial charge in [0.25, 0.3) is 0 Å². The fourth-order valence-corrected chi connectivity index (χ4v) is 4.51. The van der Waals surface area contributed by atoms with Gasteiger partial charge in [0, 0.05) is 18.2 Å². The highest BCUT2D eigenvalue weighted by molar-refractivity contribution is 6.32. The average molecular weight is 528 g/mol. The Morgan fingerprint density at radius 3 is 2.29 bits per heavy atom. The number of aromatic nitrogens is 1. The van der Waals surface area contributed by atoms with Crippen molar-refractivity contribution >= 4 is 41.1 Å². The van der Waals surface area contributed by atoms with Gasteiger partial charge >= 0.3 is 12.2 Å². The number of hydroxylamine groups is 1. The number of benzene rings is 1. The van der Waals surface area contributed by atoms with Gasteiger partial charge in [-0.15, -0.1) is 0 Å². The standard InChI is InChI=1S/C23H27Cl2N3O7/c1-6-34-23(30)35-28-13(2)7-16(15-10-18(31-3)19(32-4)11-17(15)28)27(22(29)33-5)12-14-8-20(24)26-21(25)9-14/h8-11,13,16H,6-7,12H2,1-5H3/t13-,16+/m1/s1. The zero-order valence-corrected chi connectivity index (χ0v) is 21.6. The number of hydrogen-bond donors (Lipinski definition) is 0. The van der Waals surface area contributed by atoms with E-state index < -0.39 is 18.3 Å². The van der Waals surface area contributed by atoms with Gasteiger partial charge in [-0.1, -0.05) is 23.2 Å². The summed E-state index contributed by atoms with van der Waals surface area (Å²) in [7, 11) is 4.32. The molecule has 0 fully saturated rings. The monoisotopic (exact) mass is 527 g/mol. The summed E-state index contributed by atoms with van der Waals surface area (Å²) in [5.41, 5.74) is 1.83. The maximum absolute atomic E-state index is 13.0. The Morgan fingerprint density at radius 2 is 1.71 bits per heavy atom. The van der Waals surface area contributed by atoms with Crippen molar-refractivity contribution in [3.63, 3.8) is 0 Å². The van der Waals surface area contributed by atoms with Crippen LogP contribution in [0.5, 0.6) is 11.5 Å². The Labute approximate surface area is 213 Å². The van der Waals surface area contributed by atoms with E-state index in [1.807, 2.05) is 6.92 Å². The van der Waals surface area contributed by atoms with Gasteiger partial charge < -0.3 is 23.8 Å². The number of halogens is 2. The minimum Gasteiger partial charge on any atom is -0.493 e. The quantitative estimate of drug-likeness (QED) is 0.345. The summed E-state index contributed by atoms with van der Waals surface area (Å²) >= 11 is 12.2. The van der Waals surface area contributed by atoms with Crippen LogP contribution in [0.1, 0.15) is 37.4 Å². The van der Waals surface area contributed by atoms with Crippen molar-refractivity contribution < 1.29 is 33.4 Å². The third kappa shape index (κ3) is 5.94. The van der Waals surface area contributed by atoms with Gasteiger partial charge in [0.1, 0.15) is 10.3 Å². The maximum atomic E-state index is 13.0. The molecule has 0 radical (unpaired) electrons. The Morgan fingerprint density at radius 1 is 1.09 bits per heavy atom. The number of carbonyl (C=O) groups excluding carboxylic acids is 2. The first-order chi connectivity index (χ1) is 16.7. The third-order valence-electron chi connectivity index (χ3n) is 5.49. The summed E-state index contributed by atoms with van der Waals surface area (Å²) in [5, 5.41) is 1.85. The summed E-state index contributed by atoms with van der Waals surface area (Å²) in [4.78, 5) is 36.1. The second kappa shape index (κ2) is 11.5. The molecule has 0 aliphatic carbocycles. The summed E-state index contributed by atoms with van der Waals surface area (Å²) in [5.74, 6) is 0.871. The van der Waals surface area contributed by atoms with E-state index in [-0.39, 0.29) is 29.5 Å². The van der Waals surface area contributed by atoms with Crippen molar-refractivity contribution in [2.45, 2.75) is 38.9 Å². The first-order valence-corrected chi connectivity index (χ1v) is 11.5. The van der Waals surface area contributed by atoms with Crippen molar-refractivity contribution in [2.75, 3.05) is 33.0 Å². The van der Waals surface area contributed by atoms with Gasteiger partial charge in [0.15, 0.2) is 11.5 Å². The van der Waals surface area contributed by atoms with Crippen LogP contribution < -0.4 is 14.5 Å². The second-order valence-corrected chi connectivity index (χ2v) is 8.46. The van der Waals surface area contributed by atoms with Crippen LogP contribution in [0.15, 0.2) is 24.3 Å². The predicted molar refractivity (Wildman–Crippen MR) is 129 cm³/mol. The minimum absolute atomic E-state index is 0.137. The van der Waals surface area contributed by atoms with Crippen LogP contribution in [-0.4, -0.2) is 56.1 Å². The number of methoxy groups -OCH3 is 3. The molecule has 190 valence electrons. The van der Waals surface area contributed by atoms with E-state index in [2.05, 4.69) is 4.98 Å². The predicted octanol–water partition coefficient (Wildman–Crippen LogP) is 5.40. The molecule has 2 atom stereocenters. The van der Waals surface area contributed by atoms with Crippen molar-refractivity contribution in [3.05, 3.63) is 45.7 Å². The van der Waals surface area contributed by atoms with E-state index in [1.165, 1.54) is 26.4 Å². The second-order valence-electron chi connectivity index (χ2n) is 7.69. The summed E-state index contributed by atoms with van der Waals surface area (Å²) in [6, 6.07) is 5.86. The minimum atomic E-state index is -0.843. The van der Waals surface area contributed by atoms with Crippen LogP contribution in [0.3, 0.4) is 0 Å². The van der Waals surface area contributed by atoms with E-state index in [0.29, 0.717) is 34.7 Å². The number of nitrogens with zero attached hydrogens (tertiary/aromatic N) is 3. The molecule has 1 aromatic carbocycles. The number of carbonyl (C=O) groups is 2. The van der Waals surface area contributed by atoms with Crippen LogP contribution in [0.25, 0.3) is 0 Å². The van der Waals surface area contributed by atoms with Crippen LogP contribution >= 0.6 is 23.2 Å². The molecule has 10 nitrogen and oxygen atoms in total. The lowest BCUT2D eigenvalue weighted by atomic mass is 9.91. The topological polar surface area (TPSA) is 99.7 Å². The lowest BCUT2D eigenvalue weighted by Crippen LogP contribution is -2.45. The molecule has 0 bridgehead atoms. The highest BCUT2D eigenvalue weighted by Gasteiger charge is 2.39. The number of rotatable bonds is 7. The Bertz CT molecular complexity index is 1070. The molecule has 0 saturated carbocycles. The Kier molecular flexibility index (Phi) is 8.74. The number of anilines is 1. The lowest BCUT2D eigenvalue weighted by Gasteiger charge is -2.42. The maximum Gasteiger partial charge on any atom is 0.533 e. The molecule has 1 aromatic heterocycles. The molecule has 0 spiro atoms. The SMILES string of the molecule is CCOC(=O)ON1c2cc(OC)c(OC)cc2[C@@H](N(Cc2cc(Cl)nc(Cl)c2)C(=O)OC)C[C@H]1C. The molecule has 3 rings (SSSR count). The molecule has 12 heteroatoms. The van der Waals surface area contributed by atoms with Gasteiger partial charge in [-0.2, -0.15) is 5.06 Å². The van der Waals surface area contributed by atoms with Crippen LogP contribution in [0.2, 0.25) is 10.3 Å². The lowest BCUT2D eigenvalue weighted by molar-refractivity contribution is 0.0332. The van der Waals surface area contributed by atoms with E-state index in [9.17, 15) is 9.59 Å². The first kappa shape index (κ1) is 26.5. The summed E-state index contributed by atoms with van der Waals surface area (Å²) in [6.45, 7) is 3.85. The van der Waals surface area contributed by atoms with Gasteiger partial charge in [-0.25, -0.2) is 14.6 Å². The number of fused-ring (bicyclic) bond motifs is 1. The molecule has 0 saturated heterocycles. The number of hydrogen-bond acceptors (Lipinski definition) is 9. The fraction of sp³-hybridized carbons (Fsp3) is 0.435. The van der Waals surface area contributed by atoms with Gasteiger partial charge in [0.05, 0.1) is 45.7 Å². The molecule has 1 aliphatic rings. The van der Waals surface area contributed by atoms with Crippen molar-refractivity contribution in [2.24, 2.45) is 0 Å². The first-order valence-electron chi connectivity index (χ1n) is 10.8. The van der Waals surface area contributed by atoms with E-state index in [0.717, 1.165) is 0 Å². The van der Waals surface area contributed by atoms with Crippen molar-refractivity contribution in [3.8, 4) is 11.5 Å². The molecule has 2 aromatic rings. The zero-order valence-electron chi connectivity index (χ0n) is 20.0. The zero-order chi connectivity index (χ0) is 25.7. The van der Waals surface area contributed by atoms with E-state index >= 15 is 0 Å². The number of ether oxygens (including phenoxy) is 4. The van der Waals surface area contributed by atoms with Gasteiger partial charge in [-0.3, -0.25) is 4.90 Å². The fourth-order valence-electron chi connectivity index (χ4n) is 4.01. The van der Waals surface area contributed by atoms with Crippen LogP contribution in [0, 0.1) is 0 Å². The normalized spacial score (nSPS) is 16.7. The number of amides is 1. The molecule has 1 amide bonds. The van der Waals surface area contributed by atoms with E-state index in [4.69, 9.17) is 47.0 Å². The van der Waals surface area contributed by atoms with Gasteiger partial charge in [-0.05, 0) is 44.0 Å².